The molecule has 0 spiro atoms. The molecule has 0 bridgehead atoms. The second kappa shape index (κ2) is 4.56. The Morgan fingerprint density at radius 3 is 2.50 bits per heavy atom. The first-order valence-corrected chi connectivity index (χ1v) is 6.52. The van der Waals surface area contributed by atoms with Gasteiger partial charge in [-0.2, -0.15) is 5.26 Å². The predicted molar refractivity (Wildman–Crippen MR) is 71.4 cm³/mol. The molecule has 0 saturated heterocycles. The van der Waals surface area contributed by atoms with Crippen LogP contribution in [0.1, 0.15) is 58.2 Å². The van der Waals surface area contributed by atoms with Gasteiger partial charge in [-0.05, 0) is 33.6 Å². The van der Waals surface area contributed by atoms with Gasteiger partial charge < -0.3 is 10.5 Å². The minimum Gasteiger partial charge on any atom is -0.472 e. The highest BCUT2D eigenvalue weighted by atomic mass is 16.5. The summed E-state index contributed by atoms with van der Waals surface area (Å²) in [5.74, 6) is 0.658. The second-order valence-electron chi connectivity index (χ2n) is 5.92. The van der Waals surface area contributed by atoms with Gasteiger partial charge in [-0.3, -0.25) is 4.57 Å². The van der Waals surface area contributed by atoms with Gasteiger partial charge in [0.15, 0.2) is 0 Å². The zero-order valence-electron chi connectivity index (χ0n) is 11.4. The fourth-order valence-corrected chi connectivity index (χ4v) is 2.54. The van der Waals surface area contributed by atoms with Crippen molar-refractivity contribution < 1.29 is 4.74 Å². The van der Waals surface area contributed by atoms with Crippen molar-refractivity contribution in [3.8, 4) is 11.9 Å². The average molecular weight is 247 g/mol. The van der Waals surface area contributed by atoms with Gasteiger partial charge in [-0.25, -0.2) is 0 Å². The number of ether oxygens (including phenoxy) is 1. The molecule has 1 aliphatic carbocycles. The fraction of sp³-hybridized carbons (Fsp3) is 0.643. The Hall–Kier alpha value is -1.63. The van der Waals surface area contributed by atoms with Crippen LogP contribution >= 0.6 is 0 Å². The number of hydrogen-bond donors (Lipinski definition) is 1. The third kappa shape index (κ3) is 2.45. The summed E-state index contributed by atoms with van der Waals surface area (Å²) in [6, 6.07) is 4.30. The van der Waals surface area contributed by atoms with E-state index in [1.165, 1.54) is 12.8 Å². The molecule has 1 aromatic rings. The molecule has 1 saturated carbocycles. The molecule has 4 nitrogen and oxygen atoms in total. The molecule has 4 heteroatoms. The highest BCUT2D eigenvalue weighted by molar-refractivity contribution is 5.55. The maximum atomic E-state index is 9.23. The van der Waals surface area contributed by atoms with Crippen LogP contribution < -0.4 is 10.5 Å². The topological polar surface area (TPSA) is 64.0 Å². The number of nitrogens with zero attached hydrogens (tertiary/aromatic N) is 2. The first-order chi connectivity index (χ1) is 8.42. The Labute approximate surface area is 108 Å². The SMILES string of the molecule is CC(C)(C)Oc1c(N)cc(C#N)n1C1CCCC1. The van der Waals surface area contributed by atoms with Gasteiger partial charge in [0, 0.05) is 12.1 Å². The lowest BCUT2D eigenvalue weighted by Gasteiger charge is -2.25. The van der Waals surface area contributed by atoms with E-state index in [4.69, 9.17) is 10.5 Å². The first kappa shape index (κ1) is 12.8. The fourth-order valence-electron chi connectivity index (χ4n) is 2.54. The molecule has 0 unspecified atom stereocenters. The van der Waals surface area contributed by atoms with Crippen LogP contribution in [0.15, 0.2) is 6.07 Å². The molecule has 98 valence electrons. The second-order valence-corrected chi connectivity index (χ2v) is 5.92. The summed E-state index contributed by atoms with van der Waals surface area (Å²) in [5.41, 5.74) is 6.86. The molecule has 0 amide bonds. The summed E-state index contributed by atoms with van der Waals surface area (Å²) in [6.45, 7) is 5.97. The van der Waals surface area contributed by atoms with Crippen molar-refractivity contribution >= 4 is 5.69 Å². The monoisotopic (exact) mass is 247 g/mol. The number of nitrogen functional groups attached to an aromatic ring is 1. The van der Waals surface area contributed by atoms with Crippen LogP contribution in [-0.2, 0) is 0 Å². The summed E-state index contributed by atoms with van der Waals surface area (Å²) in [6.07, 6.45) is 4.62. The molecule has 1 aliphatic rings. The van der Waals surface area contributed by atoms with Crippen molar-refractivity contribution in [1.82, 2.24) is 4.57 Å². The molecular weight excluding hydrogens is 226 g/mol. The lowest BCUT2D eigenvalue weighted by atomic mass is 10.2. The Balaban J connectivity index is 2.43. The van der Waals surface area contributed by atoms with Gasteiger partial charge in [0.25, 0.3) is 0 Å². The van der Waals surface area contributed by atoms with E-state index >= 15 is 0 Å². The van der Waals surface area contributed by atoms with E-state index in [-0.39, 0.29) is 5.60 Å². The first-order valence-electron chi connectivity index (χ1n) is 6.52. The molecule has 1 aromatic heterocycles. The van der Waals surface area contributed by atoms with Crippen LogP contribution in [0.4, 0.5) is 5.69 Å². The van der Waals surface area contributed by atoms with Crippen LogP contribution in [0.5, 0.6) is 5.88 Å². The van der Waals surface area contributed by atoms with Gasteiger partial charge in [0.2, 0.25) is 5.88 Å². The molecule has 0 atom stereocenters. The van der Waals surface area contributed by atoms with Crippen LogP contribution in [0, 0.1) is 11.3 Å². The van der Waals surface area contributed by atoms with E-state index in [9.17, 15) is 5.26 Å². The van der Waals surface area contributed by atoms with E-state index in [0.717, 1.165) is 12.8 Å². The Bertz CT molecular complexity index is 470. The summed E-state index contributed by atoms with van der Waals surface area (Å²) in [4.78, 5) is 0. The Morgan fingerprint density at radius 2 is 2.00 bits per heavy atom. The van der Waals surface area contributed by atoms with E-state index in [1.54, 1.807) is 6.07 Å². The highest BCUT2D eigenvalue weighted by Crippen LogP contribution is 2.39. The minimum absolute atomic E-state index is 0.310. The standard InChI is InChI=1S/C14H21N3O/c1-14(2,3)18-13-12(16)8-11(9-15)17(13)10-6-4-5-7-10/h8,10H,4-7,16H2,1-3H3. The molecule has 1 heterocycles. The number of anilines is 1. The van der Waals surface area contributed by atoms with Crippen molar-refractivity contribution in [2.75, 3.05) is 5.73 Å². The Morgan fingerprint density at radius 1 is 1.39 bits per heavy atom. The molecule has 0 aliphatic heterocycles. The molecule has 18 heavy (non-hydrogen) atoms. The number of rotatable bonds is 2. The van der Waals surface area contributed by atoms with Gasteiger partial charge in [-0.15, -0.1) is 0 Å². The van der Waals surface area contributed by atoms with E-state index in [2.05, 4.69) is 6.07 Å². The molecule has 2 N–H and O–H groups in total. The van der Waals surface area contributed by atoms with Crippen LogP contribution in [0.25, 0.3) is 0 Å². The summed E-state index contributed by atoms with van der Waals surface area (Å²) in [5, 5.41) is 9.23. The van der Waals surface area contributed by atoms with Crippen LogP contribution in [0.2, 0.25) is 0 Å². The molecule has 1 fully saturated rings. The lowest BCUT2D eigenvalue weighted by Crippen LogP contribution is -2.26. The van der Waals surface area contributed by atoms with Crippen molar-refractivity contribution in [2.45, 2.75) is 58.1 Å². The maximum absolute atomic E-state index is 9.23. The van der Waals surface area contributed by atoms with Gasteiger partial charge in [0.1, 0.15) is 17.4 Å². The molecule has 0 radical (unpaired) electrons. The number of nitrogens with two attached hydrogens (primary N) is 1. The van der Waals surface area contributed by atoms with E-state index in [0.29, 0.717) is 23.3 Å². The summed E-state index contributed by atoms with van der Waals surface area (Å²) >= 11 is 0. The van der Waals surface area contributed by atoms with Crippen molar-refractivity contribution in [2.24, 2.45) is 0 Å². The lowest BCUT2D eigenvalue weighted by molar-refractivity contribution is 0.116. The number of aromatic nitrogens is 1. The Kier molecular flexibility index (Phi) is 3.25. The highest BCUT2D eigenvalue weighted by Gasteiger charge is 2.27. The van der Waals surface area contributed by atoms with Gasteiger partial charge in [-0.1, -0.05) is 12.8 Å². The van der Waals surface area contributed by atoms with E-state index in [1.807, 2.05) is 25.3 Å². The van der Waals surface area contributed by atoms with Gasteiger partial charge in [0.05, 0.1) is 5.69 Å². The van der Waals surface area contributed by atoms with Crippen molar-refractivity contribution in [1.29, 1.82) is 5.26 Å². The van der Waals surface area contributed by atoms with E-state index < -0.39 is 0 Å². The molecule has 0 aromatic carbocycles. The van der Waals surface area contributed by atoms with Crippen LogP contribution in [0.3, 0.4) is 0 Å². The smallest absolute Gasteiger partial charge is 0.219 e. The molecule has 2 rings (SSSR count). The number of hydrogen-bond acceptors (Lipinski definition) is 3. The molecular formula is C14H21N3O. The van der Waals surface area contributed by atoms with Crippen molar-refractivity contribution in [3.05, 3.63) is 11.8 Å². The average Bonchev–Trinajstić information content (AvgIpc) is 2.85. The number of nitriles is 1. The zero-order chi connectivity index (χ0) is 13.3. The van der Waals surface area contributed by atoms with Crippen molar-refractivity contribution in [3.63, 3.8) is 0 Å². The third-order valence-corrected chi connectivity index (χ3v) is 3.22. The van der Waals surface area contributed by atoms with Crippen LogP contribution in [-0.4, -0.2) is 10.2 Å². The predicted octanol–water partition coefficient (Wildman–Crippen LogP) is 3.23. The zero-order valence-corrected chi connectivity index (χ0v) is 11.4. The summed E-state index contributed by atoms with van der Waals surface area (Å²) < 4.78 is 7.94. The summed E-state index contributed by atoms with van der Waals surface area (Å²) in [7, 11) is 0. The largest absolute Gasteiger partial charge is 0.472 e. The third-order valence-electron chi connectivity index (χ3n) is 3.22. The normalized spacial score (nSPS) is 16.8. The quantitative estimate of drug-likeness (QED) is 0.872. The minimum atomic E-state index is -0.310. The van der Waals surface area contributed by atoms with Gasteiger partial charge >= 0.3 is 0 Å². The maximum Gasteiger partial charge on any atom is 0.219 e.